The topological polar surface area (TPSA) is 96.5 Å². The summed E-state index contributed by atoms with van der Waals surface area (Å²) in [5.41, 5.74) is 8.81. The van der Waals surface area contributed by atoms with Crippen molar-refractivity contribution in [3.63, 3.8) is 0 Å². The highest BCUT2D eigenvalue weighted by Crippen LogP contribution is 2.40. The lowest BCUT2D eigenvalue weighted by Gasteiger charge is -2.40. The van der Waals surface area contributed by atoms with E-state index in [1.54, 1.807) is 12.0 Å². The molecule has 8 heteroatoms. The summed E-state index contributed by atoms with van der Waals surface area (Å²) in [4.78, 5) is 36.7. The molecule has 0 spiro atoms. The third-order valence-electron chi connectivity index (χ3n) is 5.71. The second kappa shape index (κ2) is 9.68. The molecule has 4 rings (SSSR count). The molecule has 2 amide bonds. The number of carbonyl (C=O) groups is 2. The highest BCUT2D eigenvalue weighted by atomic mass is 16.5. The minimum absolute atomic E-state index is 0.0244. The van der Waals surface area contributed by atoms with Crippen LogP contribution in [0.4, 0.5) is 11.6 Å². The number of carbonyl (C=O) groups excluding carboxylic acids is 2. The quantitative estimate of drug-likeness (QED) is 0.561. The molecule has 1 aromatic heterocycles. The van der Waals surface area contributed by atoms with Crippen molar-refractivity contribution in [3.05, 3.63) is 77.6 Å². The number of nitrogens with one attached hydrogen (secondary N) is 2. The Balaban J connectivity index is 1.63. The molecule has 1 aliphatic heterocycles. The van der Waals surface area contributed by atoms with Gasteiger partial charge in [0, 0.05) is 23.5 Å². The third kappa shape index (κ3) is 4.95. The fourth-order valence-electron chi connectivity index (χ4n) is 4.24. The van der Waals surface area contributed by atoms with Crippen LogP contribution in [0.5, 0.6) is 5.75 Å². The Kier molecular flexibility index (Phi) is 6.53. The van der Waals surface area contributed by atoms with Crippen LogP contribution >= 0.6 is 0 Å². The Bertz CT molecular complexity index is 1110. The van der Waals surface area contributed by atoms with E-state index in [1.165, 1.54) is 0 Å². The van der Waals surface area contributed by atoms with E-state index in [0.29, 0.717) is 18.1 Å². The minimum atomic E-state index is -0.467. The Morgan fingerprint density at radius 3 is 2.33 bits per heavy atom. The van der Waals surface area contributed by atoms with Gasteiger partial charge in [-0.25, -0.2) is 9.97 Å². The average Bonchev–Trinajstić information content (AvgIpc) is 2.82. The zero-order valence-corrected chi connectivity index (χ0v) is 18.9. The summed E-state index contributed by atoms with van der Waals surface area (Å²) in [5.74, 6) is 0.314. The van der Waals surface area contributed by atoms with Gasteiger partial charge in [0.1, 0.15) is 5.75 Å². The van der Waals surface area contributed by atoms with Gasteiger partial charge < -0.3 is 9.64 Å². The molecule has 0 radical (unpaired) electrons. The first-order chi connectivity index (χ1) is 16.0. The number of nitrogens with zero attached hydrogens (tertiary/aromatic N) is 3. The van der Waals surface area contributed by atoms with Crippen molar-refractivity contribution in [2.24, 2.45) is 5.92 Å². The number of anilines is 2. The summed E-state index contributed by atoms with van der Waals surface area (Å²) in [5, 5.41) is 0. The fourth-order valence-corrected chi connectivity index (χ4v) is 4.24. The van der Waals surface area contributed by atoms with Gasteiger partial charge in [-0.2, -0.15) is 0 Å². The molecule has 0 saturated carbocycles. The number of aromatic nitrogens is 2. The molecular weight excluding hydrogens is 418 g/mol. The molecule has 3 aromatic rings. The fraction of sp³-hybridized carbons (Fsp3) is 0.280. The van der Waals surface area contributed by atoms with E-state index < -0.39 is 12.0 Å². The van der Waals surface area contributed by atoms with E-state index in [0.717, 1.165) is 22.6 Å². The maximum absolute atomic E-state index is 13.3. The molecule has 170 valence electrons. The third-order valence-corrected chi connectivity index (χ3v) is 5.71. The summed E-state index contributed by atoms with van der Waals surface area (Å²) in [6.07, 6.45) is 0.708. The maximum Gasteiger partial charge on any atom is 0.243 e. The van der Waals surface area contributed by atoms with Crippen LogP contribution in [0.15, 0.2) is 60.7 Å². The van der Waals surface area contributed by atoms with Gasteiger partial charge in [-0.05, 0) is 56.2 Å². The first-order valence-corrected chi connectivity index (χ1v) is 10.9. The number of rotatable bonds is 6. The number of amides is 2. The lowest BCUT2D eigenvalue weighted by atomic mass is 9.83. The van der Waals surface area contributed by atoms with Crippen molar-refractivity contribution in [3.8, 4) is 5.75 Å². The van der Waals surface area contributed by atoms with E-state index in [1.807, 2.05) is 74.5 Å². The number of benzene rings is 2. The van der Waals surface area contributed by atoms with Crippen LogP contribution in [0.25, 0.3) is 0 Å². The van der Waals surface area contributed by atoms with Gasteiger partial charge in [-0.1, -0.05) is 30.3 Å². The summed E-state index contributed by atoms with van der Waals surface area (Å²) >= 11 is 0. The van der Waals surface area contributed by atoms with E-state index in [-0.39, 0.29) is 18.2 Å². The molecule has 0 unspecified atom stereocenters. The van der Waals surface area contributed by atoms with Gasteiger partial charge in [0.25, 0.3) is 0 Å². The average molecular weight is 446 g/mol. The number of methoxy groups -OCH3 is 1. The van der Waals surface area contributed by atoms with E-state index in [4.69, 9.17) is 4.74 Å². The molecule has 2 aromatic carbocycles. The number of piperidine rings is 1. The molecule has 2 atom stereocenters. The largest absolute Gasteiger partial charge is 0.497 e. The molecule has 0 bridgehead atoms. The summed E-state index contributed by atoms with van der Waals surface area (Å²) in [6, 6.07) is 18.3. The number of aryl methyl sites for hydroxylation is 2. The van der Waals surface area contributed by atoms with Gasteiger partial charge in [0.15, 0.2) is 0 Å². The molecule has 8 nitrogen and oxygen atoms in total. The van der Waals surface area contributed by atoms with E-state index >= 15 is 0 Å². The van der Waals surface area contributed by atoms with Gasteiger partial charge in [0.05, 0.1) is 19.1 Å². The highest BCUT2D eigenvalue weighted by Gasteiger charge is 2.41. The van der Waals surface area contributed by atoms with Gasteiger partial charge in [-0.3, -0.25) is 20.4 Å². The molecule has 1 aliphatic rings. The van der Waals surface area contributed by atoms with Crippen LogP contribution in [0, 0.1) is 19.8 Å². The molecule has 0 aliphatic carbocycles. The van der Waals surface area contributed by atoms with Crippen LogP contribution in [0.3, 0.4) is 0 Å². The zero-order chi connectivity index (χ0) is 23.4. The number of hydrazine groups is 1. The monoisotopic (exact) mass is 445 g/mol. The molecule has 33 heavy (non-hydrogen) atoms. The first kappa shape index (κ1) is 22.3. The van der Waals surface area contributed by atoms with Gasteiger partial charge in [0.2, 0.25) is 17.8 Å². The van der Waals surface area contributed by atoms with Crippen LogP contribution in [-0.4, -0.2) is 28.9 Å². The Hall–Kier alpha value is -3.94. The number of hydrogen-bond donors (Lipinski definition) is 2. The Labute approximate surface area is 193 Å². The maximum atomic E-state index is 13.3. The van der Waals surface area contributed by atoms with Crippen LogP contribution in [0.1, 0.15) is 35.8 Å². The van der Waals surface area contributed by atoms with Crippen molar-refractivity contribution in [2.45, 2.75) is 32.7 Å². The standard InChI is InChI=1S/C25H27N5O3/c1-16-15-17(2)27-25(26-16)29-28-24(32)21-13-14-22(31)30(19-9-11-20(33-3)12-10-19)23(21)18-7-5-4-6-8-18/h4-12,15,21,23H,13-14H2,1-3H3,(H,28,32)(H,26,27,29)/t21-,23-/m1/s1. The summed E-state index contributed by atoms with van der Waals surface area (Å²) < 4.78 is 5.26. The van der Waals surface area contributed by atoms with Crippen molar-refractivity contribution in [1.82, 2.24) is 15.4 Å². The van der Waals surface area contributed by atoms with Crippen molar-refractivity contribution < 1.29 is 14.3 Å². The lowest BCUT2D eigenvalue weighted by molar-refractivity contribution is -0.129. The highest BCUT2D eigenvalue weighted by molar-refractivity contribution is 5.97. The van der Waals surface area contributed by atoms with Crippen LogP contribution in [0.2, 0.25) is 0 Å². The predicted octanol–water partition coefficient (Wildman–Crippen LogP) is 3.73. The molecule has 2 heterocycles. The zero-order valence-electron chi connectivity index (χ0n) is 18.9. The smallest absolute Gasteiger partial charge is 0.243 e. The molecule has 1 saturated heterocycles. The second-order valence-electron chi connectivity index (χ2n) is 8.05. The van der Waals surface area contributed by atoms with Gasteiger partial charge in [-0.15, -0.1) is 0 Å². The SMILES string of the molecule is COc1ccc(N2C(=O)CC[C@@H](C(=O)NNc3nc(C)cc(C)n3)[C@H]2c2ccccc2)cc1. The van der Waals surface area contributed by atoms with Crippen molar-refractivity contribution in [1.29, 1.82) is 0 Å². The molecule has 1 fully saturated rings. The first-order valence-electron chi connectivity index (χ1n) is 10.9. The number of ether oxygens (including phenoxy) is 1. The minimum Gasteiger partial charge on any atom is -0.497 e. The Morgan fingerprint density at radius 1 is 1.03 bits per heavy atom. The van der Waals surface area contributed by atoms with Crippen molar-refractivity contribution >= 4 is 23.5 Å². The van der Waals surface area contributed by atoms with Gasteiger partial charge >= 0.3 is 0 Å². The summed E-state index contributed by atoms with van der Waals surface area (Å²) in [6.45, 7) is 3.74. The second-order valence-corrected chi connectivity index (χ2v) is 8.05. The summed E-state index contributed by atoms with van der Waals surface area (Å²) in [7, 11) is 1.60. The van der Waals surface area contributed by atoms with Crippen LogP contribution in [-0.2, 0) is 9.59 Å². The number of hydrogen-bond acceptors (Lipinski definition) is 6. The van der Waals surface area contributed by atoms with Crippen molar-refractivity contribution in [2.75, 3.05) is 17.4 Å². The van der Waals surface area contributed by atoms with E-state index in [2.05, 4.69) is 20.8 Å². The van der Waals surface area contributed by atoms with Crippen LogP contribution < -0.4 is 20.5 Å². The predicted molar refractivity (Wildman–Crippen MR) is 126 cm³/mol. The molecular formula is C25H27N5O3. The van der Waals surface area contributed by atoms with E-state index in [9.17, 15) is 9.59 Å². The lowest BCUT2D eigenvalue weighted by Crippen LogP contribution is -2.49. The molecule has 2 N–H and O–H groups in total. The normalized spacial score (nSPS) is 18.0. The Morgan fingerprint density at radius 2 is 1.70 bits per heavy atom.